The fraction of sp³-hybridized carbons (Fsp3) is 0.786. The number of hydrogen-bond acceptors (Lipinski definition) is 3. The predicted molar refractivity (Wildman–Crippen MR) is 76.0 cm³/mol. The van der Waals surface area contributed by atoms with E-state index in [2.05, 4.69) is 36.3 Å². The molecule has 1 heterocycles. The molecule has 1 aliphatic rings. The lowest BCUT2D eigenvalue weighted by atomic mass is 9.94. The van der Waals surface area contributed by atoms with Crippen molar-refractivity contribution in [3.63, 3.8) is 0 Å². The van der Waals surface area contributed by atoms with Gasteiger partial charge in [0.2, 0.25) is 0 Å². The lowest BCUT2D eigenvalue weighted by molar-refractivity contribution is 0.422. The summed E-state index contributed by atoms with van der Waals surface area (Å²) in [4.78, 5) is 2.45. The maximum Gasteiger partial charge on any atom is 0.131 e. The van der Waals surface area contributed by atoms with E-state index in [4.69, 9.17) is 0 Å². The van der Waals surface area contributed by atoms with E-state index in [9.17, 15) is 0 Å². The normalized spacial score (nSPS) is 17.1. The average molecular weight is 250 g/mol. The number of nitrogens with zero attached hydrogens (tertiary/aromatic N) is 3. The van der Waals surface area contributed by atoms with E-state index >= 15 is 0 Å². The molecular weight excluding hydrogens is 224 g/mol. The van der Waals surface area contributed by atoms with Crippen LogP contribution >= 0.6 is 0 Å². The van der Waals surface area contributed by atoms with E-state index in [1.807, 2.05) is 11.7 Å². The first-order valence-corrected chi connectivity index (χ1v) is 7.05. The van der Waals surface area contributed by atoms with Crippen LogP contribution in [0.5, 0.6) is 0 Å². The first-order chi connectivity index (χ1) is 8.65. The quantitative estimate of drug-likeness (QED) is 0.889. The molecule has 0 aliphatic heterocycles. The molecule has 1 N–H and O–H groups in total. The Morgan fingerprint density at radius 3 is 2.61 bits per heavy atom. The molecule has 18 heavy (non-hydrogen) atoms. The maximum atomic E-state index is 4.58. The van der Waals surface area contributed by atoms with Gasteiger partial charge in [0, 0.05) is 32.2 Å². The molecule has 0 bridgehead atoms. The average Bonchev–Trinajstić information content (AvgIpc) is 2.65. The third-order valence-electron chi connectivity index (χ3n) is 4.12. The molecule has 1 aliphatic carbocycles. The van der Waals surface area contributed by atoms with E-state index in [0.29, 0.717) is 6.04 Å². The lowest BCUT2D eigenvalue weighted by Crippen LogP contribution is -2.35. The number of anilines is 1. The van der Waals surface area contributed by atoms with Crippen LogP contribution in [0, 0.1) is 6.92 Å². The number of nitrogens with one attached hydrogen (secondary N) is 1. The van der Waals surface area contributed by atoms with Gasteiger partial charge in [-0.3, -0.25) is 4.68 Å². The summed E-state index contributed by atoms with van der Waals surface area (Å²) in [5.74, 6) is 1.29. The second-order valence-corrected chi connectivity index (χ2v) is 5.44. The monoisotopic (exact) mass is 250 g/mol. The molecular formula is C14H26N4. The molecule has 4 heteroatoms. The van der Waals surface area contributed by atoms with E-state index in [1.165, 1.54) is 43.5 Å². The minimum atomic E-state index is 0.684. The van der Waals surface area contributed by atoms with Crippen molar-refractivity contribution in [1.29, 1.82) is 0 Å². The molecule has 1 aromatic heterocycles. The Labute approximate surface area is 110 Å². The second kappa shape index (κ2) is 5.74. The minimum Gasteiger partial charge on any atom is -0.357 e. The summed E-state index contributed by atoms with van der Waals surface area (Å²) >= 11 is 0. The summed E-state index contributed by atoms with van der Waals surface area (Å²) in [7, 11) is 6.28. The number of aromatic nitrogens is 2. The summed E-state index contributed by atoms with van der Waals surface area (Å²) in [6, 6.07) is 0.684. The summed E-state index contributed by atoms with van der Waals surface area (Å²) in [5.41, 5.74) is 2.48. The summed E-state index contributed by atoms with van der Waals surface area (Å²) in [6.45, 7) is 3.00. The van der Waals surface area contributed by atoms with Crippen LogP contribution in [-0.4, -0.2) is 29.9 Å². The molecule has 0 radical (unpaired) electrons. The molecule has 2 rings (SSSR count). The fourth-order valence-electron chi connectivity index (χ4n) is 3.16. The van der Waals surface area contributed by atoms with E-state index in [1.54, 1.807) is 0 Å². The van der Waals surface area contributed by atoms with E-state index in [-0.39, 0.29) is 0 Å². The van der Waals surface area contributed by atoms with Gasteiger partial charge in [0.05, 0.1) is 5.69 Å². The van der Waals surface area contributed by atoms with Crippen LogP contribution < -0.4 is 10.2 Å². The highest BCUT2D eigenvalue weighted by atomic mass is 15.4. The zero-order valence-corrected chi connectivity index (χ0v) is 12.2. The molecule has 1 fully saturated rings. The van der Waals surface area contributed by atoms with Crippen molar-refractivity contribution in [2.45, 2.75) is 51.6 Å². The summed E-state index contributed by atoms with van der Waals surface area (Å²) < 4.78 is 2.04. The minimum absolute atomic E-state index is 0.684. The zero-order valence-electron chi connectivity index (χ0n) is 12.2. The zero-order chi connectivity index (χ0) is 13.1. The van der Waals surface area contributed by atoms with Gasteiger partial charge in [-0.05, 0) is 26.8 Å². The molecule has 0 spiro atoms. The van der Waals surface area contributed by atoms with Crippen molar-refractivity contribution < 1.29 is 0 Å². The van der Waals surface area contributed by atoms with E-state index < -0.39 is 0 Å². The van der Waals surface area contributed by atoms with Crippen LogP contribution in [0.25, 0.3) is 0 Å². The Morgan fingerprint density at radius 1 is 1.33 bits per heavy atom. The smallest absolute Gasteiger partial charge is 0.131 e. The van der Waals surface area contributed by atoms with Gasteiger partial charge < -0.3 is 10.2 Å². The molecule has 1 aromatic rings. The van der Waals surface area contributed by atoms with Crippen LogP contribution in [0.1, 0.15) is 43.4 Å². The van der Waals surface area contributed by atoms with Crippen LogP contribution in [0.3, 0.4) is 0 Å². The highest BCUT2D eigenvalue weighted by molar-refractivity contribution is 5.50. The standard InChI is InChI=1S/C14H26N4/c1-11-13(10-15-2)14(18(4)16-11)17(3)12-8-6-5-7-9-12/h12,15H,5-10H2,1-4H3. The Bertz CT molecular complexity index is 391. The van der Waals surface area contributed by atoms with Crippen molar-refractivity contribution in [3.05, 3.63) is 11.3 Å². The lowest BCUT2D eigenvalue weighted by Gasteiger charge is -2.33. The SMILES string of the molecule is CNCc1c(C)nn(C)c1N(C)C1CCCCC1. The van der Waals surface area contributed by atoms with Crippen LogP contribution in [-0.2, 0) is 13.6 Å². The highest BCUT2D eigenvalue weighted by Crippen LogP contribution is 2.29. The van der Waals surface area contributed by atoms with Crippen LogP contribution in [0.2, 0.25) is 0 Å². The van der Waals surface area contributed by atoms with Crippen LogP contribution in [0.4, 0.5) is 5.82 Å². The largest absolute Gasteiger partial charge is 0.357 e. The third kappa shape index (κ3) is 2.53. The molecule has 0 aromatic carbocycles. The molecule has 102 valence electrons. The van der Waals surface area contributed by atoms with Gasteiger partial charge in [-0.15, -0.1) is 0 Å². The highest BCUT2D eigenvalue weighted by Gasteiger charge is 2.23. The molecule has 0 amide bonds. The van der Waals surface area contributed by atoms with Crippen molar-refractivity contribution in [3.8, 4) is 0 Å². The van der Waals surface area contributed by atoms with Gasteiger partial charge in [-0.25, -0.2) is 0 Å². The van der Waals surface area contributed by atoms with Crippen molar-refractivity contribution in [2.75, 3.05) is 19.0 Å². The third-order valence-corrected chi connectivity index (χ3v) is 4.12. The predicted octanol–water partition coefficient (Wildman–Crippen LogP) is 2.22. The Morgan fingerprint density at radius 2 is 2.00 bits per heavy atom. The Hall–Kier alpha value is -1.03. The maximum absolute atomic E-state index is 4.58. The first kappa shape index (κ1) is 13.4. The summed E-state index contributed by atoms with van der Waals surface area (Å²) in [5, 5.41) is 7.84. The van der Waals surface area contributed by atoms with Gasteiger partial charge in [0.15, 0.2) is 0 Å². The fourth-order valence-corrected chi connectivity index (χ4v) is 3.16. The summed E-state index contributed by atoms with van der Waals surface area (Å²) in [6.07, 6.45) is 6.78. The van der Waals surface area contributed by atoms with Gasteiger partial charge in [0.25, 0.3) is 0 Å². The van der Waals surface area contributed by atoms with Crippen molar-refractivity contribution in [1.82, 2.24) is 15.1 Å². The number of hydrogen-bond donors (Lipinski definition) is 1. The number of rotatable bonds is 4. The van der Waals surface area contributed by atoms with Crippen molar-refractivity contribution in [2.24, 2.45) is 7.05 Å². The van der Waals surface area contributed by atoms with Gasteiger partial charge >= 0.3 is 0 Å². The van der Waals surface area contributed by atoms with Gasteiger partial charge in [-0.2, -0.15) is 5.10 Å². The van der Waals surface area contributed by atoms with Crippen LogP contribution in [0.15, 0.2) is 0 Å². The Balaban J connectivity index is 2.24. The molecule has 0 saturated heterocycles. The topological polar surface area (TPSA) is 33.1 Å². The molecule has 0 atom stereocenters. The van der Waals surface area contributed by atoms with Gasteiger partial charge in [-0.1, -0.05) is 19.3 Å². The van der Waals surface area contributed by atoms with Crippen molar-refractivity contribution >= 4 is 5.82 Å². The first-order valence-electron chi connectivity index (χ1n) is 7.05. The van der Waals surface area contributed by atoms with Gasteiger partial charge in [0.1, 0.15) is 5.82 Å². The Kier molecular flexibility index (Phi) is 4.27. The molecule has 0 unspecified atom stereocenters. The second-order valence-electron chi connectivity index (χ2n) is 5.44. The molecule has 4 nitrogen and oxygen atoms in total. The van der Waals surface area contributed by atoms with E-state index in [0.717, 1.165) is 12.2 Å². The molecule has 1 saturated carbocycles. The number of aryl methyl sites for hydroxylation is 2.